The maximum atomic E-state index is 10.7. The summed E-state index contributed by atoms with van der Waals surface area (Å²) in [4.78, 5) is 13.2. The zero-order valence-corrected chi connectivity index (χ0v) is 6.99. The van der Waals surface area contributed by atoms with Gasteiger partial charge in [-0.3, -0.25) is 4.79 Å². The summed E-state index contributed by atoms with van der Waals surface area (Å²) in [6, 6.07) is 0. The van der Waals surface area contributed by atoms with E-state index in [2.05, 4.69) is 15.3 Å². The van der Waals surface area contributed by atoms with Gasteiger partial charge in [-0.15, -0.1) is 0 Å². The minimum absolute atomic E-state index is 0.135. The highest BCUT2D eigenvalue weighted by Crippen LogP contribution is 1.78. The summed E-state index contributed by atoms with van der Waals surface area (Å²) < 4.78 is 4.77. The van der Waals surface area contributed by atoms with Crippen molar-refractivity contribution < 1.29 is 9.53 Å². The van der Waals surface area contributed by atoms with Crippen LogP contribution in [0, 0.1) is 0 Å². The molecule has 0 atom stereocenters. The van der Waals surface area contributed by atoms with Crippen LogP contribution in [0.1, 0.15) is 6.42 Å². The maximum Gasteiger partial charge on any atom is 0.225 e. The van der Waals surface area contributed by atoms with Gasteiger partial charge in [-0.2, -0.15) is 0 Å². The lowest BCUT2D eigenvalue weighted by atomic mass is 10.4. The van der Waals surface area contributed by atoms with Crippen LogP contribution in [0.5, 0.6) is 0 Å². The summed E-state index contributed by atoms with van der Waals surface area (Å²) in [7, 11) is 1.60. The molecule has 1 amide bonds. The lowest BCUT2D eigenvalue weighted by Crippen LogP contribution is -2.26. The minimum atomic E-state index is -0.260. The molecule has 0 bridgehead atoms. The number of hydrogen-bond donors (Lipinski definition) is 1. The van der Waals surface area contributed by atoms with E-state index in [1.54, 1.807) is 7.11 Å². The second-order valence-electron chi connectivity index (χ2n) is 2.09. The molecule has 6 heteroatoms. The van der Waals surface area contributed by atoms with Gasteiger partial charge in [0, 0.05) is 25.2 Å². The zero-order chi connectivity index (χ0) is 9.23. The highest BCUT2D eigenvalue weighted by atomic mass is 16.5. The second-order valence-corrected chi connectivity index (χ2v) is 2.09. The first-order chi connectivity index (χ1) is 5.81. The van der Waals surface area contributed by atoms with Crippen molar-refractivity contribution in [3.05, 3.63) is 10.4 Å². The SMILES string of the molecule is COCCCNC(=O)CN=[N+]=[N-]. The first-order valence-corrected chi connectivity index (χ1v) is 3.57. The highest BCUT2D eigenvalue weighted by molar-refractivity contribution is 5.78. The molecule has 1 N–H and O–H groups in total. The van der Waals surface area contributed by atoms with Crippen molar-refractivity contribution >= 4 is 5.91 Å². The molecule has 0 heterocycles. The van der Waals surface area contributed by atoms with E-state index >= 15 is 0 Å². The smallest absolute Gasteiger partial charge is 0.225 e. The third kappa shape index (κ3) is 6.85. The van der Waals surface area contributed by atoms with Crippen molar-refractivity contribution in [2.24, 2.45) is 5.11 Å². The van der Waals surface area contributed by atoms with Crippen LogP contribution >= 0.6 is 0 Å². The predicted molar refractivity (Wildman–Crippen MR) is 43.5 cm³/mol. The van der Waals surface area contributed by atoms with E-state index in [-0.39, 0.29) is 12.5 Å². The van der Waals surface area contributed by atoms with Gasteiger partial charge in [0.05, 0.1) is 0 Å². The van der Waals surface area contributed by atoms with E-state index in [4.69, 9.17) is 10.3 Å². The van der Waals surface area contributed by atoms with Gasteiger partial charge in [-0.25, -0.2) is 0 Å². The van der Waals surface area contributed by atoms with Crippen LogP contribution in [0.2, 0.25) is 0 Å². The molecule has 0 aliphatic heterocycles. The Morgan fingerprint density at radius 3 is 3.08 bits per heavy atom. The van der Waals surface area contributed by atoms with Crippen molar-refractivity contribution in [1.82, 2.24) is 5.32 Å². The number of azide groups is 1. The molecule has 12 heavy (non-hydrogen) atoms. The van der Waals surface area contributed by atoms with Gasteiger partial charge in [-0.1, -0.05) is 5.11 Å². The van der Waals surface area contributed by atoms with E-state index < -0.39 is 0 Å². The Kier molecular flexibility index (Phi) is 7.02. The van der Waals surface area contributed by atoms with Crippen LogP contribution in [0.3, 0.4) is 0 Å². The normalized spacial score (nSPS) is 8.75. The van der Waals surface area contributed by atoms with Crippen LogP contribution in [0.25, 0.3) is 10.4 Å². The molecular formula is C6H12N4O2. The summed E-state index contributed by atoms with van der Waals surface area (Å²) in [5.74, 6) is -0.260. The van der Waals surface area contributed by atoms with Gasteiger partial charge in [-0.05, 0) is 12.0 Å². The molecule has 0 saturated heterocycles. The number of hydrogen-bond acceptors (Lipinski definition) is 3. The Balaban J connectivity index is 3.25. The second kappa shape index (κ2) is 7.84. The van der Waals surface area contributed by atoms with E-state index in [0.29, 0.717) is 13.2 Å². The molecule has 0 rings (SSSR count). The summed E-state index contributed by atoms with van der Waals surface area (Å²) in [5.41, 5.74) is 7.88. The van der Waals surface area contributed by atoms with Crippen molar-refractivity contribution in [2.45, 2.75) is 6.42 Å². The quantitative estimate of drug-likeness (QED) is 0.273. The van der Waals surface area contributed by atoms with Crippen LogP contribution in [-0.2, 0) is 9.53 Å². The molecule has 0 radical (unpaired) electrons. The van der Waals surface area contributed by atoms with Crippen molar-refractivity contribution in [1.29, 1.82) is 0 Å². The number of methoxy groups -OCH3 is 1. The zero-order valence-electron chi connectivity index (χ0n) is 6.99. The molecule has 0 fully saturated rings. The molecule has 0 aliphatic carbocycles. The fourth-order valence-electron chi connectivity index (χ4n) is 0.596. The molecule has 0 aromatic heterocycles. The van der Waals surface area contributed by atoms with Gasteiger partial charge in [0.15, 0.2) is 0 Å². The molecular weight excluding hydrogens is 160 g/mol. The number of amides is 1. The van der Waals surface area contributed by atoms with Crippen molar-refractivity contribution in [3.63, 3.8) is 0 Å². The minimum Gasteiger partial charge on any atom is -0.385 e. The lowest BCUT2D eigenvalue weighted by Gasteiger charge is -2.01. The average molecular weight is 172 g/mol. The first kappa shape index (κ1) is 10.7. The van der Waals surface area contributed by atoms with Gasteiger partial charge in [0.2, 0.25) is 5.91 Å². The van der Waals surface area contributed by atoms with Crippen LogP contribution in [-0.4, -0.2) is 32.7 Å². The van der Waals surface area contributed by atoms with Crippen LogP contribution in [0.4, 0.5) is 0 Å². The number of nitrogens with zero attached hydrogens (tertiary/aromatic N) is 3. The Morgan fingerprint density at radius 1 is 1.75 bits per heavy atom. The van der Waals surface area contributed by atoms with Gasteiger partial charge in [0.1, 0.15) is 6.54 Å². The molecule has 6 nitrogen and oxygen atoms in total. The van der Waals surface area contributed by atoms with Gasteiger partial charge in [0.25, 0.3) is 0 Å². The highest BCUT2D eigenvalue weighted by Gasteiger charge is 1.96. The summed E-state index contributed by atoms with van der Waals surface area (Å²) in [5, 5.41) is 5.68. The summed E-state index contributed by atoms with van der Waals surface area (Å²) in [6.45, 7) is 1.03. The number of rotatable bonds is 6. The largest absolute Gasteiger partial charge is 0.385 e. The van der Waals surface area contributed by atoms with Crippen LogP contribution < -0.4 is 5.32 Å². The summed E-state index contributed by atoms with van der Waals surface area (Å²) >= 11 is 0. The van der Waals surface area contributed by atoms with Crippen molar-refractivity contribution in [3.8, 4) is 0 Å². The van der Waals surface area contributed by atoms with E-state index in [1.165, 1.54) is 0 Å². The van der Waals surface area contributed by atoms with Gasteiger partial charge >= 0.3 is 0 Å². The van der Waals surface area contributed by atoms with E-state index in [9.17, 15) is 4.79 Å². The molecule has 0 unspecified atom stereocenters. The standard InChI is InChI=1S/C6H12N4O2/c1-12-4-2-3-8-6(11)5-9-10-7/h2-5H2,1H3,(H,8,11). The number of nitrogens with one attached hydrogen (secondary N) is 1. The Hall–Kier alpha value is -1.26. The fraction of sp³-hybridized carbons (Fsp3) is 0.833. The Labute approximate surface area is 70.5 Å². The van der Waals surface area contributed by atoms with E-state index in [0.717, 1.165) is 6.42 Å². The Bertz CT molecular complexity index is 176. The van der Waals surface area contributed by atoms with Crippen LogP contribution in [0.15, 0.2) is 5.11 Å². The lowest BCUT2D eigenvalue weighted by molar-refractivity contribution is -0.119. The fourth-order valence-corrected chi connectivity index (χ4v) is 0.596. The number of carbonyl (C=O) groups is 1. The molecule has 0 aromatic rings. The molecule has 0 spiro atoms. The molecule has 0 saturated carbocycles. The molecule has 0 aromatic carbocycles. The first-order valence-electron chi connectivity index (χ1n) is 3.57. The summed E-state index contributed by atoms with van der Waals surface area (Å²) in [6.07, 6.45) is 0.762. The number of carbonyl (C=O) groups excluding carboxylic acids is 1. The number of ether oxygens (including phenoxy) is 1. The molecule has 0 aliphatic rings. The van der Waals surface area contributed by atoms with E-state index in [1.807, 2.05) is 0 Å². The monoisotopic (exact) mass is 172 g/mol. The van der Waals surface area contributed by atoms with Gasteiger partial charge < -0.3 is 10.1 Å². The predicted octanol–water partition coefficient (Wildman–Crippen LogP) is 0.449. The Morgan fingerprint density at radius 2 is 2.50 bits per heavy atom. The topological polar surface area (TPSA) is 87.1 Å². The third-order valence-electron chi connectivity index (χ3n) is 1.12. The third-order valence-corrected chi connectivity index (χ3v) is 1.12. The maximum absolute atomic E-state index is 10.7. The van der Waals surface area contributed by atoms with Crippen molar-refractivity contribution in [2.75, 3.05) is 26.8 Å². The molecule has 68 valence electrons. The average Bonchev–Trinajstić information content (AvgIpc) is 2.09.